The number of nitrogens with zero attached hydrogens (tertiary/aromatic N) is 4. The summed E-state index contributed by atoms with van der Waals surface area (Å²) < 4.78 is 7.15. The number of aromatic nitrogens is 3. The van der Waals surface area contributed by atoms with E-state index in [0.29, 0.717) is 25.7 Å². The van der Waals surface area contributed by atoms with Gasteiger partial charge in [-0.2, -0.15) is 5.10 Å². The van der Waals surface area contributed by atoms with Gasteiger partial charge in [-0.15, -0.1) is 0 Å². The molecule has 0 aromatic carbocycles. The molecule has 6 nitrogen and oxygen atoms in total. The summed E-state index contributed by atoms with van der Waals surface area (Å²) >= 11 is 0. The number of carbonyl (C=O) groups is 1. The molecule has 1 atom stereocenters. The van der Waals surface area contributed by atoms with Crippen LogP contribution < -0.4 is 0 Å². The van der Waals surface area contributed by atoms with Crippen LogP contribution in [0.3, 0.4) is 0 Å². The molecule has 1 aromatic rings. The molecule has 0 radical (unpaired) electrons. The molecule has 2 heterocycles. The van der Waals surface area contributed by atoms with E-state index in [4.69, 9.17) is 4.74 Å². The van der Waals surface area contributed by atoms with Gasteiger partial charge in [0.2, 0.25) is 5.91 Å². The zero-order valence-electron chi connectivity index (χ0n) is 10.6. The molecular weight excluding hydrogens is 232 g/mol. The summed E-state index contributed by atoms with van der Waals surface area (Å²) in [5, 5.41) is 3.99. The number of hydrogen-bond acceptors (Lipinski definition) is 4. The van der Waals surface area contributed by atoms with Crippen LogP contribution in [0.2, 0.25) is 0 Å². The van der Waals surface area contributed by atoms with Crippen LogP contribution in [0.15, 0.2) is 12.7 Å². The lowest BCUT2D eigenvalue weighted by atomic mass is 9.93. The summed E-state index contributed by atoms with van der Waals surface area (Å²) in [4.78, 5) is 18.2. The van der Waals surface area contributed by atoms with E-state index in [9.17, 15) is 4.79 Å². The van der Waals surface area contributed by atoms with Crippen LogP contribution in [0.25, 0.3) is 0 Å². The number of hydrogen-bond donors (Lipinski definition) is 0. The van der Waals surface area contributed by atoms with Crippen LogP contribution >= 0.6 is 0 Å². The van der Waals surface area contributed by atoms with Gasteiger partial charge < -0.3 is 9.64 Å². The summed E-state index contributed by atoms with van der Waals surface area (Å²) in [5.41, 5.74) is -0.129. The summed E-state index contributed by atoms with van der Waals surface area (Å²) in [7, 11) is 0. The fourth-order valence-corrected chi connectivity index (χ4v) is 2.76. The summed E-state index contributed by atoms with van der Waals surface area (Å²) in [6.07, 6.45) is 5.43. The van der Waals surface area contributed by atoms with Crippen LogP contribution in [0, 0.1) is 5.92 Å². The molecule has 2 aliphatic rings. The molecule has 2 fully saturated rings. The Morgan fingerprint density at radius 3 is 3.06 bits per heavy atom. The van der Waals surface area contributed by atoms with Gasteiger partial charge in [-0.25, -0.2) is 9.67 Å². The van der Waals surface area contributed by atoms with Crippen LogP contribution in [0.5, 0.6) is 0 Å². The van der Waals surface area contributed by atoms with Gasteiger partial charge >= 0.3 is 0 Å². The quantitative estimate of drug-likeness (QED) is 0.774. The Balaban J connectivity index is 1.74. The first-order valence-corrected chi connectivity index (χ1v) is 6.41. The van der Waals surface area contributed by atoms with Crippen molar-refractivity contribution in [2.45, 2.75) is 31.8 Å². The zero-order chi connectivity index (χ0) is 12.6. The lowest BCUT2D eigenvalue weighted by Gasteiger charge is -2.45. The van der Waals surface area contributed by atoms with Crippen LogP contribution in [0.4, 0.5) is 0 Å². The lowest BCUT2D eigenvalue weighted by molar-refractivity contribution is -0.150. The molecule has 1 aromatic heterocycles. The van der Waals surface area contributed by atoms with E-state index in [1.165, 1.54) is 19.2 Å². The second-order valence-corrected chi connectivity index (χ2v) is 5.32. The van der Waals surface area contributed by atoms with E-state index in [0.717, 1.165) is 0 Å². The van der Waals surface area contributed by atoms with Crippen LogP contribution in [0.1, 0.15) is 19.8 Å². The molecule has 6 heteroatoms. The molecule has 1 saturated heterocycles. The Morgan fingerprint density at radius 2 is 2.39 bits per heavy atom. The van der Waals surface area contributed by atoms with Gasteiger partial charge in [-0.1, -0.05) is 0 Å². The average Bonchev–Trinajstić information content (AvgIpc) is 3.11. The highest BCUT2D eigenvalue weighted by molar-refractivity contribution is 5.77. The number of amides is 1. The Morgan fingerprint density at radius 1 is 1.56 bits per heavy atom. The minimum absolute atomic E-state index is 0.109. The molecule has 1 amide bonds. The van der Waals surface area contributed by atoms with E-state index in [1.54, 1.807) is 11.0 Å². The minimum Gasteiger partial charge on any atom is -0.377 e. The molecule has 0 bridgehead atoms. The van der Waals surface area contributed by atoms with Crippen molar-refractivity contribution >= 4 is 5.91 Å². The molecule has 0 N–H and O–H groups in total. The minimum atomic E-state index is -0.129. The molecule has 0 spiro atoms. The van der Waals surface area contributed by atoms with E-state index >= 15 is 0 Å². The fraction of sp³-hybridized carbons (Fsp3) is 0.750. The van der Waals surface area contributed by atoms with Crippen molar-refractivity contribution in [2.75, 3.05) is 19.8 Å². The van der Waals surface area contributed by atoms with Gasteiger partial charge in [0.1, 0.15) is 19.2 Å². The van der Waals surface area contributed by atoms with Crippen molar-refractivity contribution in [3.8, 4) is 0 Å². The van der Waals surface area contributed by atoms with Crippen molar-refractivity contribution in [1.29, 1.82) is 0 Å². The van der Waals surface area contributed by atoms with Gasteiger partial charge in [-0.3, -0.25) is 4.79 Å². The maximum Gasteiger partial charge on any atom is 0.244 e. The third-order valence-electron chi connectivity index (χ3n) is 3.99. The monoisotopic (exact) mass is 250 g/mol. The smallest absolute Gasteiger partial charge is 0.244 e. The van der Waals surface area contributed by atoms with Crippen molar-refractivity contribution in [1.82, 2.24) is 19.7 Å². The molecule has 1 saturated carbocycles. The highest BCUT2D eigenvalue weighted by Gasteiger charge is 2.49. The first kappa shape index (κ1) is 11.6. The summed E-state index contributed by atoms with van der Waals surface area (Å²) in [6.45, 7) is 4.37. The third kappa shape index (κ3) is 2.01. The fourth-order valence-electron chi connectivity index (χ4n) is 2.76. The first-order chi connectivity index (χ1) is 8.70. The highest BCUT2D eigenvalue weighted by atomic mass is 16.5. The Hall–Kier alpha value is -1.43. The third-order valence-corrected chi connectivity index (χ3v) is 3.99. The maximum atomic E-state index is 12.4. The predicted molar refractivity (Wildman–Crippen MR) is 63.7 cm³/mol. The zero-order valence-corrected chi connectivity index (χ0v) is 10.6. The van der Waals surface area contributed by atoms with E-state index in [1.807, 2.05) is 4.90 Å². The number of carbonyl (C=O) groups excluding carboxylic acids is 1. The van der Waals surface area contributed by atoms with Crippen LogP contribution in [-0.4, -0.2) is 50.9 Å². The molecule has 1 unspecified atom stereocenters. The summed E-state index contributed by atoms with van der Waals surface area (Å²) in [6, 6.07) is 0. The molecule has 18 heavy (non-hydrogen) atoms. The van der Waals surface area contributed by atoms with E-state index < -0.39 is 0 Å². The van der Waals surface area contributed by atoms with Gasteiger partial charge in [0.15, 0.2) is 0 Å². The summed E-state index contributed by atoms with van der Waals surface area (Å²) in [5.74, 6) is 0.704. The van der Waals surface area contributed by atoms with Gasteiger partial charge in [0.05, 0.1) is 18.8 Å². The largest absolute Gasteiger partial charge is 0.377 e. The average molecular weight is 250 g/mol. The Kier molecular flexibility index (Phi) is 2.81. The van der Waals surface area contributed by atoms with Gasteiger partial charge in [0.25, 0.3) is 0 Å². The Bertz CT molecular complexity index is 429. The molecule has 1 aliphatic heterocycles. The number of rotatable bonds is 3. The lowest BCUT2D eigenvalue weighted by Crippen LogP contribution is -2.59. The molecular formula is C12H18N4O2. The topological polar surface area (TPSA) is 60.2 Å². The Labute approximate surface area is 106 Å². The molecule has 3 rings (SSSR count). The van der Waals surface area contributed by atoms with E-state index in [-0.39, 0.29) is 18.0 Å². The SMILES string of the molecule is CC1(C2CC2)COCCN1C(=O)Cn1cncn1. The second-order valence-electron chi connectivity index (χ2n) is 5.32. The van der Waals surface area contributed by atoms with Crippen molar-refractivity contribution in [2.24, 2.45) is 5.92 Å². The van der Waals surface area contributed by atoms with E-state index in [2.05, 4.69) is 17.0 Å². The van der Waals surface area contributed by atoms with Crippen LogP contribution in [-0.2, 0) is 16.1 Å². The number of morpholine rings is 1. The normalized spacial score (nSPS) is 28.4. The first-order valence-electron chi connectivity index (χ1n) is 6.41. The van der Waals surface area contributed by atoms with Gasteiger partial charge in [0, 0.05) is 6.54 Å². The highest BCUT2D eigenvalue weighted by Crippen LogP contribution is 2.44. The molecule has 98 valence electrons. The van der Waals surface area contributed by atoms with Crippen molar-refractivity contribution < 1.29 is 9.53 Å². The number of ether oxygens (including phenoxy) is 1. The predicted octanol–water partition coefficient (Wildman–Crippen LogP) is 0.306. The standard InChI is InChI=1S/C12H18N4O2/c1-12(10-2-3-10)7-18-5-4-16(12)11(17)6-15-9-13-8-14-15/h8-10H,2-7H2,1H3. The second kappa shape index (κ2) is 4.35. The van der Waals surface area contributed by atoms with Crippen molar-refractivity contribution in [3.63, 3.8) is 0 Å². The molecule has 1 aliphatic carbocycles. The maximum absolute atomic E-state index is 12.4. The van der Waals surface area contributed by atoms with Crippen molar-refractivity contribution in [3.05, 3.63) is 12.7 Å². The van der Waals surface area contributed by atoms with Gasteiger partial charge in [-0.05, 0) is 25.7 Å².